The van der Waals surface area contributed by atoms with Gasteiger partial charge in [0.2, 0.25) is 0 Å². The van der Waals surface area contributed by atoms with Crippen LogP contribution < -0.4 is 5.32 Å². The van der Waals surface area contributed by atoms with Gasteiger partial charge in [0.15, 0.2) is 0 Å². The molecule has 2 aromatic carbocycles. The summed E-state index contributed by atoms with van der Waals surface area (Å²) in [5.74, 6) is -0.181. The van der Waals surface area contributed by atoms with Crippen LogP contribution in [0.1, 0.15) is 41.3 Å². The van der Waals surface area contributed by atoms with Crippen LogP contribution in [0.2, 0.25) is 0 Å². The van der Waals surface area contributed by atoms with Gasteiger partial charge in [-0.15, -0.1) is 0 Å². The fourth-order valence-corrected chi connectivity index (χ4v) is 3.61. The molecule has 0 saturated heterocycles. The van der Waals surface area contributed by atoms with Gasteiger partial charge < -0.3 is 5.32 Å². The van der Waals surface area contributed by atoms with Crippen LogP contribution in [-0.4, -0.2) is 9.78 Å². The molecule has 0 radical (unpaired) electrons. The maximum Gasteiger partial charge on any atom is 0.123 e. The van der Waals surface area contributed by atoms with Gasteiger partial charge in [-0.2, -0.15) is 5.10 Å². The molecule has 0 spiro atoms. The van der Waals surface area contributed by atoms with Crippen molar-refractivity contribution >= 4 is 0 Å². The van der Waals surface area contributed by atoms with E-state index < -0.39 is 0 Å². The smallest absolute Gasteiger partial charge is 0.123 e. The van der Waals surface area contributed by atoms with Gasteiger partial charge in [0.05, 0.1) is 12.7 Å². The van der Waals surface area contributed by atoms with Gasteiger partial charge in [-0.1, -0.05) is 42.5 Å². The third-order valence-electron chi connectivity index (χ3n) is 4.88. The quantitative estimate of drug-likeness (QED) is 0.756. The molecule has 3 aromatic rings. The second kappa shape index (κ2) is 7.19. The minimum Gasteiger partial charge on any atom is -0.306 e. The SMILES string of the molecule is Fc1cccc(CN[C@@H]2CCCc3c2cnn3Cc2ccccc2)c1. The van der Waals surface area contributed by atoms with Gasteiger partial charge in [0, 0.05) is 23.8 Å². The van der Waals surface area contributed by atoms with E-state index in [9.17, 15) is 4.39 Å². The molecule has 0 bridgehead atoms. The molecule has 4 rings (SSSR count). The van der Waals surface area contributed by atoms with E-state index in [1.54, 1.807) is 12.1 Å². The molecule has 1 aromatic heterocycles. The Bertz CT molecular complexity index is 841. The molecule has 25 heavy (non-hydrogen) atoms. The normalized spacial score (nSPS) is 16.6. The molecule has 0 aliphatic heterocycles. The fourth-order valence-electron chi connectivity index (χ4n) is 3.61. The first-order chi connectivity index (χ1) is 12.3. The van der Waals surface area contributed by atoms with E-state index in [-0.39, 0.29) is 11.9 Å². The summed E-state index contributed by atoms with van der Waals surface area (Å²) in [6.45, 7) is 1.48. The lowest BCUT2D eigenvalue weighted by atomic mass is 9.92. The van der Waals surface area contributed by atoms with Crippen LogP contribution in [0.5, 0.6) is 0 Å². The number of nitrogens with one attached hydrogen (secondary N) is 1. The van der Waals surface area contributed by atoms with Gasteiger partial charge in [-0.05, 0) is 42.5 Å². The highest BCUT2D eigenvalue weighted by molar-refractivity contribution is 5.27. The molecular weight excluding hydrogens is 313 g/mol. The molecule has 1 heterocycles. The lowest BCUT2D eigenvalue weighted by molar-refractivity contribution is 0.449. The standard InChI is InChI=1S/C21H22FN3/c22-18-9-4-8-17(12-18)13-23-20-10-5-11-21-19(20)14-24-25(21)15-16-6-2-1-3-7-16/h1-4,6-9,12,14,20,23H,5,10-11,13,15H2/t20-/m1/s1. The molecule has 1 N–H and O–H groups in total. The lowest BCUT2D eigenvalue weighted by Crippen LogP contribution is -2.25. The summed E-state index contributed by atoms with van der Waals surface area (Å²) in [6, 6.07) is 17.5. The van der Waals surface area contributed by atoms with E-state index in [0.717, 1.165) is 31.4 Å². The number of halogens is 1. The number of hydrogen-bond donors (Lipinski definition) is 1. The zero-order chi connectivity index (χ0) is 17.1. The molecule has 0 saturated carbocycles. The Morgan fingerprint density at radius 1 is 1.08 bits per heavy atom. The van der Waals surface area contributed by atoms with Crippen LogP contribution in [-0.2, 0) is 19.5 Å². The molecule has 1 aliphatic carbocycles. The van der Waals surface area contributed by atoms with Crippen molar-refractivity contribution in [3.05, 3.63) is 89.0 Å². The summed E-state index contributed by atoms with van der Waals surface area (Å²) in [5, 5.41) is 8.21. The van der Waals surface area contributed by atoms with E-state index in [2.05, 4.69) is 39.4 Å². The highest BCUT2D eigenvalue weighted by Gasteiger charge is 2.23. The third-order valence-corrected chi connectivity index (χ3v) is 4.88. The Kier molecular flexibility index (Phi) is 4.61. The predicted octanol–water partition coefficient (Wildman–Crippen LogP) is 4.24. The van der Waals surface area contributed by atoms with Gasteiger partial charge in [0.25, 0.3) is 0 Å². The first-order valence-electron chi connectivity index (χ1n) is 8.86. The van der Waals surface area contributed by atoms with Gasteiger partial charge in [0.1, 0.15) is 5.82 Å². The second-order valence-electron chi connectivity index (χ2n) is 6.65. The van der Waals surface area contributed by atoms with Crippen molar-refractivity contribution in [2.75, 3.05) is 0 Å². The van der Waals surface area contributed by atoms with Crippen LogP contribution in [0.3, 0.4) is 0 Å². The Morgan fingerprint density at radius 3 is 2.76 bits per heavy atom. The predicted molar refractivity (Wildman–Crippen MR) is 96.7 cm³/mol. The Labute approximate surface area is 147 Å². The topological polar surface area (TPSA) is 29.9 Å². The van der Waals surface area contributed by atoms with E-state index >= 15 is 0 Å². The summed E-state index contributed by atoms with van der Waals surface area (Å²) >= 11 is 0. The fraction of sp³-hybridized carbons (Fsp3) is 0.286. The van der Waals surface area contributed by atoms with Gasteiger partial charge in [-0.25, -0.2) is 4.39 Å². The first kappa shape index (κ1) is 16.0. The summed E-state index contributed by atoms with van der Waals surface area (Å²) < 4.78 is 15.5. The minimum atomic E-state index is -0.181. The van der Waals surface area contributed by atoms with Crippen molar-refractivity contribution in [3.63, 3.8) is 0 Å². The number of nitrogens with zero attached hydrogens (tertiary/aromatic N) is 2. The zero-order valence-corrected chi connectivity index (χ0v) is 14.2. The summed E-state index contributed by atoms with van der Waals surface area (Å²) in [7, 11) is 0. The lowest BCUT2D eigenvalue weighted by Gasteiger charge is -2.24. The van der Waals surface area contributed by atoms with Crippen molar-refractivity contribution in [1.29, 1.82) is 0 Å². The van der Waals surface area contributed by atoms with Crippen LogP contribution in [0.15, 0.2) is 60.8 Å². The molecule has 4 heteroatoms. The van der Waals surface area contributed by atoms with E-state index in [1.165, 1.54) is 22.9 Å². The zero-order valence-electron chi connectivity index (χ0n) is 14.2. The van der Waals surface area contributed by atoms with Crippen LogP contribution in [0, 0.1) is 5.82 Å². The average Bonchev–Trinajstić information content (AvgIpc) is 3.04. The van der Waals surface area contributed by atoms with Crippen molar-refractivity contribution in [3.8, 4) is 0 Å². The number of hydrogen-bond acceptors (Lipinski definition) is 2. The van der Waals surface area contributed by atoms with E-state index in [1.807, 2.05) is 18.3 Å². The molecular formula is C21H22FN3. The van der Waals surface area contributed by atoms with E-state index in [4.69, 9.17) is 0 Å². The van der Waals surface area contributed by atoms with Crippen molar-refractivity contribution in [1.82, 2.24) is 15.1 Å². The molecule has 0 amide bonds. The molecule has 3 nitrogen and oxygen atoms in total. The van der Waals surface area contributed by atoms with E-state index in [0.29, 0.717) is 6.54 Å². The molecule has 0 unspecified atom stereocenters. The van der Waals surface area contributed by atoms with Crippen molar-refractivity contribution < 1.29 is 4.39 Å². The number of benzene rings is 2. The number of fused-ring (bicyclic) bond motifs is 1. The van der Waals surface area contributed by atoms with Crippen molar-refractivity contribution in [2.45, 2.75) is 38.4 Å². The van der Waals surface area contributed by atoms with Crippen LogP contribution in [0.25, 0.3) is 0 Å². The van der Waals surface area contributed by atoms with Gasteiger partial charge >= 0.3 is 0 Å². The number of aromatic nitrogens is 2. The van der Waals surface area contributed by atoms with Crippen molar-refractivity contribution in [2.24, 2.45) is 0 Å². The second-order valence-corrected chi connectivity index (χ2v) is 6.65. The Balaban J connectivity index is 1.49. The molecule has 0 fully saturated rings. The third kappa shape index (κ3) is 3.64. The highest BCUT2D eigenvalue weighted by Crippen LogP contribution is 2.30. The summed E-state index contributed by atoms with van der Waals surface area (Å²) in [6.07, 6.45) is 5.31. The average molecular weight is 335 g/mol. The molecule has 1 atom stereocenters. The maximum absolute atomic E-state index is 13.3. The summed E-state index contributed by atoms with van der Waals surface area (Å²) in [5.41, 5.74) is 4.86. The Hall–Kier alpha value is -2.46. The number of rotatable bonds is 5. The minimum absolute atomic E-state index is 0.181. The first-order valence-corrected chi connectivity index (χ1v) is 8.86. The molecule has 128 valence electrons. The molecule has 1 aliphatic rings. The maximum atomic E-state index is 13.3. The largest absolute Gasteiger partial charge is 0.306 e. The monoisotopic (exact) mass is 335 g/mol. The summed E-state index contributed by atoms with van der Waals surface area (Å²) in [4.78, 5) is 0. The highest BCUT2D eigenvalue weighted by atomic mass is 19.1. The van der Waals surface area contributed by atoms with Crippen LogP contribution >= 0.6 is 0 Å². The van der Waals surface area contributed by atoms with Gasteiger partial charge in [-0.3, -0.25) is 4.68 Å². The van der Waals surface area contributed by atoms with Crippen LogP contribution in [0.4, 0.5) is 4.39 Å². The Morgan fingerprint density at radius 2 is 1.92 bits per heavy atom.